The fourth-order valence-electron chi connectivity index (χ4n) is 4.22. The molecule has 0 atom stereocenters. The molecule has 9 heteroatoms. The van der Waals surface area contributed by atoms with Crippen LogP contribution in [0.5, 0.6) is 0 Å². The molecule has 0 radical (unpaired) electrons. The highest BCUT2D eigenvalue weighted by atomic mass is 19.4. The predicted molar refractivity (Wildman–Crippen MR) is 132 cm³/mol. The molecule has 0 unspecified atom stereocenters. The lowest BCUT2D eigenvalue weighted by atomic mass is 9.95. The van der Waals surface area contributed by atoms with E-state index in [-0.39, 0.29) is 34.4 Å². The van der Waals surface area contributed by atoms with E-state index < -0.39 is 57.8 Å². The Kier molecular flexibility index (Phi) is 7.90. The third kappa shape index (κ3) is 6.19. The summed E-state index contributed by atoms with van der Waals surface area (Å²) in [5, 5.41) is 0. The van der Waals surface area contributed by atoms with Gasteiger partial charge in [0, 0.05) is 22.8 Å². The van der Waals surface area contributed by atoms with Gasteiger partial charge >= 0.3 is 6.18 Å². The van der Waals surface area contributed by atoms with Crippen LogP contribution in [0.1, 0.15) is 24.5 Å². The van der Waals surface area contributed by atoms with Crippen molar-refractivity contribution in [3.8, 4) is 33.4 Å². The van der Waals surface area contributed by atoms with Gasteiger partial charge in [0.2, 0.25) is 0 Å². The van der Waals surface area contributed by atoms with Gasteiger partial charge in [-0.15, -0.1) is 0 Å². The second-order valence-corrected chi connectivity index (χ2v) is 8.80. The first kappa shape index (κ1) is 28.0. The lowest BCUT2D eigenvalue weighted by Gasteiger charge is -2.12. The summed E-state index contributed by atoms with van der Waals surface area (Å²) >= 11 is 0. The zero-order valence-electron chi connectivity index (χ0n) is 20.2. The van der Waals surface area contributed by atoms with E-state index in [4.69, 9.17) is 0 Å². The van der Waals surface area contributed by atoms with Gasteiger partial charge in [-0.1, -0.05) is 37.6 Å². The Morgan fingerprint density at radius 2 is 1.10 bits per heavy atom. The van der Waals surface area contributed by atoms with Crippen LogP contribution in [0, 0.1) is 34.9 Å². The van der Waals surface area contributed by atoms with Crippen LogP contribution in [0.2, 0.25) is 0 Å². The Balaban J connectivity index is 1.69. The number of hydrogen-bond acceptors (Lipinski definition) is 0. The molecule has 4 rings (SSSR count). The van der Waals surface area contributed by atoms with Gasteiger partial charge in [-0.3, -0.25) is 0 Å². The summed E-state index contributed by atoms with van der Waals surface area (Å²) in [5.41, 5.74) is -1.80. The fourth-order valence-corrected chi connectivity index (χ4v) is 4.22. The van der Waals surface area contributed by atoms with Crippen LogP contribution in [-0.4, -0.2) is 6.18 Å². The molecule has 0 fully saturated rings. The van der Waals surface area contributed by atoms with Crippen LogP contribution < -0.4 is 0 Å². The minimum atomic E-state index is -4.83. The fraction of sp³-hybridized carbons (Fsp3) is 0.133. The van der Waals surface area contributed by atoms with Crippen LogP contribution in [0.4, 0.5) is 39.5 Å². The molecule has 202 valence electrons. The second kappa shape index (κ2) is 11.0. The van der Waals surface area contributed by atoms with Crippen LogP contribution in [-0.2, 0) is 6.42 Å². The smallest absolute Gasteiger partial charge is 0.206 e. The van der Waals surface area contributed by atoms with Crippen LogP contribution in [0.15, 0.2) is 66.7 Å². The Hall–Kier alpha value is -4.01. The molecule has 0 aliphatic carbocycles. The standard InChI is InChI=1S/C30H19F9/c1-2-3-16-4-6-20(23(31)10-16)17-5-7-21(24(32)11-17)18-12-27(35)29(28(36)13-18)19-14-25(33)22(26(34)15-19)8-9-30(37,38)39/h4-15H,2-3H2,1H3. The van der Waals surface area contributed by atoms with E-state index >= 15 is 0 Å². The third-order valence-electron chi connectivity index (χ3n) is 6.01. The van der Waals surface area contributed by atoms with E-state index in [1.54, 1.807) is 6.07 Å². The van der Waals surface area contributed by atoms with Gasteiger partial charge < -0.3 is 0 Å². The zero-order chi connectivity index (χ0) is 28.5. The van der Waals surface area contributed by atoms with Gasteiger partial charge in [0.05, 0.1) is 5.56 Å². The van der Waals surface area contributed by atoms with E-state index in [1.165, 1.54) is 24.3 Å². The molecule has 0 aromatic heterocycles. The normalized spacial score (nSPS) is 11.9. The van der Waals surface area contributed by atoms with Crippen molar-refractivity contribution >= 4 is 6.08 Å². The maximum absolute atomic E-state index is 15.0. The number of halogens is 9. The van der Waals surface area contributed by atoms with Crippen molar-refractivity contribution in [1.82, 2.24) is 0 Å². The number of benzene rings is 4. The van der Waals surface area contributed by atoms with Crippen molar-refractivity contribution in [1.29, 1.82) is 0 Å². The number of hydrogen-bond donors (Lipinski definition) is 0. The molecule has 4 aromatic rings. The lowest BCUT2D eigenvalue weighted by molar-refractivity contribution is -0.0790. The first-order valence-corrected chi connectivity index (χ1v) is 11.7. The monoisotopic (exact) mass is 550 g/mol. The van der Waals surface area contributed by atoms with E-state index in [0.717, 1.165) is 30.2 Å². The van der Waals surface area contributed by atoms with Gasteiger partial charge in [-0.05, 0) is 71.1 Å². The largest absolute Gasteiger partial charge is 0.409 e. The van der Waals surface area contributed by atoms with Crippen LogP contribution >= 0.6 is 0 Å². The third-order valence-corrected chi connectivity index (χ3v) is 6.01. The molecule has 0 bridgehead atoms. The van der Waals surface area contributed by atoms with Gasteiger partial charge in [0.1, 0.15) is 34.9 Å². The van der Waals surface area contributed by atoms with Gasteiger partial charge in [0.25, 0.3) is 0 Å². The van der Waals surface area contributed by atoms with Crippen LogP contribution in [0.25, 0.3) is 39.5 Å². The molecule has 0 aliphatic rings. The Bertz CT molecular complexity index is 1520. The number of allylic oxidation sites excluding steroid dienone is 1. The Labute approximate surface area is 218 Å². The summed E-state index contributed by atoms with van der Waals surface area (Å²) in [4.78, 5) is 0. The van der Waals surface area contributed by atoms with Gasteiger partial charge in [0.15, 0.2) is 0 Å². The molecule has 0 heterocycles. The average Bonchev–Trinajstić information content (AvgIpc) is 2.82. The molecule has 39 heavy (non-hydrogen) atoms. The summed E-state index contributed by atoms with van der Waals surface area (Å²) in [6.07, 6.45) is -3.53. The zero-order valence-corrected chi connectivity index (χ0v) is 20.2. The predicted octanol–water partition coefficient (Wildman–Crippen LogP) is 10.1. The number of rotatable bonds is 6. The summed E-state index contributed by atoms with van der Waals surface area (Å²) in [7, 11) is 0. The summed E-state index contributed by atoms with van der Waals surface area (Å²) in [5.74, 6) is -6.95. The topological polar surface area (TPSA) is 0 Å². The molecule has 0 saturated heterocycles. The van der Waals surface area contributed by atoms with Crippen molar-refractivity contribution in [2.45, 2.75) is 25.9 Å². The van der Waals surface area contributed by atoms with E-state index in [1.807, 2.05) is 6.92 Å². The second-order valence-electron chi connectivity index (χ2n) is 8.80. The van der Waals surface area contributed by atoms with Crippen molar-refractivity contribution in [3.05, 3.63) is 113 Å². The van der Waals surface area contributed by atoms with Gasteiger partial charge in [-0.25, -0.2) is 26.3 Å². The average molecular weight is 550 g/mol. The minimum Gasteiger partial charge on any atom is -0.206 e. The molecule has 0 saturated carbocycles. The molecule has 0 amide bonds. The summed E-state index contributed by atoms with van der Waals surface area (Å²) in [6.45, 7) is 1.95. The molecule has 4 aromatic carbocycles. The summed E-state index contributed by atoms with van der Waals surface area (Å²) < 4.78 is 125. The quantitative estimate of drug-likeness (QED) is 0.210. The molecular formula is C30H19F9. The number of aryl methyl sites for hydroxylation is 1. The van der Waals surface area contributed by atoms with E-state index in [0.29, 0.717) is 18.6 Å². The van der Waals surface area contributed by atoms with Crippen LogP contribution in [0.3, 0.4) is 0 Å². The maximum Gasteiger partial charge on any atom is 0.409 e. The lowest BCUT2D eigenvalue weighted by Crippen LogP contribution is -2.01. The Morgan fingerprint density at radius 3 is 1.64 bits per heavy atom. The molecule has 0 nitrogen and oxygen atoms in total. The molecule has 0 aliphatic heterocycles. The molecule has 0 N–H and O–H groups in total. The highest BCUT2D eigenvalue weighted by Gasteiger charge is 2.24. The first-order valence-electron chi connectivity index (χ1n) is 11.7. The highest BCUT2D eigenvalue weighted by molar-refractivity contribution is 5.75. The van der Waals surface area contributed by atoms with Gasteiger partial charge in [-0.2, -0.15) is 13.2 Å². The van der Waals surface area contributed by atoms with E-state index in [2.05, 4.69) is 0 Å². The van der Waals surface area contributed by atoms with Crippen molar-refractivity contribution in [2.75, 3.05) is 0 Å². The maximum atomic E-state index is 15.0. The van der Waals surface area contributed by atoms with Crippen molar-refractivity contribution in [2.24, 2.45) is 0 Å². The van der Waals surface area contributed by atoms with Crippen molar-refractivity contribution in [3.63, 3.8) is 0 Å². The SMILES string of the molecule is CCCc1ccc(-c2ccc(-c3cc(F)c(-c4cc(F)c(C=CC(F)(F)F)c(F)c4)c(F)c3)c(F)c2)c(F)c1. The van der Waals surface area contributed by atoms with E-state index in [9.17, 15) is 39.5 Å². The molecule has 0 spiro atoms. The molecular weight excluding hydrogens is 531 g/mol. The first-order chi connectivity index (χ1) is 18.4. The van der Waals surface area contributed by atoms with Crippen molar-refractivity contribution < 1.29 is 39.5 Å². The highest BCUT2D eigenvalue weighted by Crippen LogP contribution is 2.35. The minimum absolute atomic E-state index is 0.144. The number of alkyl halides is 3. The summed E-state index contributed by atoms with van der Waals surface area (Å²) in [6, 6.07) is 10.7. The Morgan fingerprint density at radius 1 is 0.590 bits per heavy atom.